The number of thioether (sulfide) groups is 1. The number of nitriles is 1. The molecule has 0 bridgehead atoms. The largest absolute Gasteiger partial charge is 0.316 e. The molecule has 0 aliphatic heterocycles. The van der Waals surface area contributed by atoms with Crippen molar-refractivity contribution in [3.05, 3.63) is 50.3 Å². The van der Waals surface area contributed by atoms with E-state index in [1.54, 1.807) is 4.68 Å². The first kappa shape index (κ1) is 18.4. The van der Waals surface area contributed by atoms with Gasteiger partial charge in [0.1, 0.15) is 11.1 Å². The molecule has 2 aromatic heterocycles. The van der Waals surface area contributed by atoms with E-state index in [-0.39, 0.29) is 11.7 Å². The van der Waals surface area contributed by atoms with Crippen molar-refractivity contribution >= 4 is 57.6 Å². The molecule has 0 unspecified atom stereocenters. The van der Waals surface area contributed by atoms with Crippen LogP contribution in [-0.2, 0) is 17.6 Å². The fraction of sp³-hybridized carbons (Fsp3) is 0.222. The van der Waals surface area contributed by atoms with Gasteiger partial charge in [0.2, 0.25) is 5.91 Å². The number of para-hydroxylation sites is 1. The summed E-state index contributed by atoms with van der Waals surface area (Å²) >= 11 is 9.65. The van der Waals surface area contributed by atoms with E-state index < -0.39 is 0 Å². The topological polar surface area (TPSA) is 70.7 Å². The summed E-state index contributed by atoms with van der Waals surface area (Å²) in [4.78, 5) is 13.6. The molecule has 27 heavy (non-hydrogen) atoms. The van der Waals surface area contributed by atoms with Gasteiger partial charge in [-0.05, 0) is 49.2 Å². The number of aromatic nitrogens is 2. The van der Waals surface area contributed by atoms with E-state index >= 15 is 0 Å². The molecule has 1 aliphatic rings. The predicted octanol–water partition coefficient (Wildman–Crippen LogP) is 4.82. The summed E-state index contributed by atoms with van der Waals surface area (Å²) in [5.41, 5.74) is 2.65. The van der Waals surface area contributed by atoms with Crippen molar-refractivity contribution < 1.29 is 4.79 Å². The summed E-state index contributed by atoms with van der Waals surface area (Å²) in [5.74, 6) is 0.0913. The van der Waals surface area contributed by atoms with E-state index in [2.05, 4.69) is 16.5 Å². The third kappa shape index (κ3) is 3.84. The van der Waals surface area contributed by atoms with Crippen molar-refractivity contribution in [2.45, 2.75) is 23.6 Å². The molecule has 0 saturated heterocycles. The molecule has 1 N–H and O–H groups in total. The third-order valence-electron chi connectivity index (χ3n) is 4.14. The monoisotopic (exact) mass is 430 g/mol. The van der Waals surface area contributed by atoms with E-state index in [4.69, 9.17) is 12.2 Å². The van der Waals surface area contributed by atoms with E-state index in [1.807, 2.05) is 30.3 Å². The first-order valence-corrected chi connectivity index (χ1v) is 11.3. The highest BCUT2D eigenvalue weighted by Gasteiger charge is 2.23. The second-order valence-corrected chi connectivity index (χ2v) is 9.84. The number of nitrogens with one attached hydrogen (secondary N) is 1. The number of hydrogen-bond acceptors (Lipinski definition) is 7. The van der Waals surface area contributed by atoms with E-state index in [9.17, 15) is 10.1 Å². The number of carbonyl (C=O) groups excluding carboxylic acids is 1. The predicted molar refractivity (Wildman–Crippen MR) is 113 cm³/mol. The standard InChI is InChI=1S/C18H14N4OS4/c19-9-13-12-7-4-8-14(12)26-16(13)20-15(23)10-25-17-21-22(18(24)27-17)11-5-2-1-3-6-11/h1-3,5-6H,4,7-8,10H2,(H,20,23). The Labute approximate surface area is 173 Å². The molecule has 3 aromatic rings. The van der Waals surface area contributed by atoms with Crippen molar-refractivity contribution in [1.82, 2.24) is 9.78 Å². The number of amides is 1. The number of fused-ring (bicyclic) bond motifs is 1. The normalized spacial score (nSPS) is 12.6. The Morgan fingerprint density at radius 3 is 2.93 bits per heavy atom. The van der Waals surface area contributed by atoms with Gasteiger partial charge in [-0.3, -0.25) is 4.79 Å². The van der Waals surface area contributed by atoms with Crippen molar-refractivity contribution in [1.29, 1.82) is 5.26 Å². The van der Waals surface area contributed by atoms with Gasteiger partial charge in [0, 0.05) is 4.88 Å². The lowest BCUT2D eigenvalue weighted by Gasteiger charge is -2.03. The summed E-state index contributed by atoms with van der Waals surface area (Å²) in [6.45, 7) is 0. The minimum Gasteiger partial charge on any atom is -0.316 e. The van der Waals surface area contributed by atoms with E-state index in [1.165, 1.54) is 39.3 Å². The van der Waals surface area contributed by atoms with Gasteiger partial charge >= 0.3 is 0 Å². The molecule has 4 rings (SSSR count). The van der Waals surface area contributed by atoms with Gasteiger partial charge < -0.3 is 5.32 Å². The molecular weight excluding hydrogens is 416 g/mol. The van der Waals surface area contributed by atoms with Gasteiger partial charge in [-0.15, -0.1) is 16.4 Å². The Morgan fingerprint density at radius 1 is 1.33 bits per heavy atom. The average Bonchev–Trinajstić information content (AvgIpc) is 3.35. The number of carbonyl (C=O) groups is 1. The Bertz CT molecular complexity index is 1090. The lowest BCUT2D eigenvalue weighted by atomic mass is 10.1. The van der Waals surface area contributed by atoms with Crippen LogP contribution in [0.5, 0.6) is 0 Å². The minimum absolute atomic E-state index is 0.135. The molecule has 9 heteroatoms. The highest BCUT2D eigenvalue weighted by molar-refractivity contribution is 8.01. The molecule has 0 atom stereocenters. The fourth-order valence-corrected chi connectivity index (χ4v) is 6.37. The van der Waals surface area contributed by atoms with Gasteiger partial charge in [0.05, 0.1) is 17.0 Å². The average molecular weight is 431 g/mol. The second kappa shape index (κ2) is 7.94. The van der Waals surface area contributed by atoms with Gasteiger partial charge in [-0.25, -0.2) is 4.68 Å². The van der Waals surface area contributed by atoms with Crippen LogP contribution in [0.4, 0.5) is 5.00 Å². The SMILES string of the molecule is N#Cc1c(NC(=O)CSc2nn(-c3ccccc3)c(=S)s2)sc2c1CCC2. The lowest BCUT2D eigenvalue weighted by Crippen LogP contribution is -2.14. The van der Waals surface area contributed by atoms with Gasteiger partial charge in [0.25, 0.3) is 0 Å². The van der Waals surface area contributed by atoms with Crippen molar-refractivity contribution in [3.63, 3.8) is 0 Å². The Hall–Kier alpha value is -1.99. The van der Waals surface area contributed by atoms with Crippen LogP contribution in [-0.4, -0.2) is 21.4 Å². The van der Waals surface area contributed by atoms with Gasteiger partial charge in [-0.1, -0.05) is 41.3 Å². The van der Waals surface area contributed by atoms with E-state index in [0.29, 0.717) is 14.5 Å². The van der Waals surface area contributed by atoms with Crippen molar-refractivity contribution in [2.24, 2.45) is 0 Å². The third-order valence-corrected chi connectivity index (χ3v) is 7.72. The van der Waals surface area contributed by atoms with Crippen LogP contribution in [0.1, 0.15) is 22.4 Å². The molecule has 0 saturated carbocycles. The second-order valence-electron chi connectivity index (χ2n) is 5.89. The summed E-state index contributed by atoms with van der Waals surface area (Å²) in [7, 11) is 0. The number of hydrogen-bond donors (Lipinski definition) is 1. The maximum Gasteiger partial charge on any atom is 0.235 e. The molecule has 1 aliphatic carbocycles. The first-order valence-electron chi connectivity index (χ1n) is 8.28. The van der Waals surface area contributed by atoms with Gasteiger partial charge in [0.15, 0.2) is 8.29 Å². The molecule has 2 heterocycles. The number of benzene rings is 1. The summed E-state index contributed by atoms with van der Waals surface area (Å²) in [6, 6.07) is 11.9. The smallest absolute Gasteiger partial charge is 0.235 e. The van der Waals surface area contributed by atoms with Crippen LogP contribution in [0.3, 0.4) is 0 Å². The van der Waals surface area contributed by atoms with Crippen LogP contribution in [0.2, 0.25) is 0 Å². The number of anilines is 1. The van der Waals surface area contributed by atoms with Crippen LogP contribution < -0.4 is 5.32 Å². The molecule has 0 radical (unpaired) electrons. The number of aryl methyl sites for hydroxylation is 1. The zero-order valence-corrected chi connectivity index (χ0v) is 17.4. The molecule has 1 aromatic carbocycles. The Morgan fingerprint density at radius 2 is 2.15 bits per heavy atom. The number of nitrogens with zero attached hydrogens (tertiary/aromatic N) is 3. The minimum atomic E-state index is -0.135. The summed E-state index contributed by atoms with van der Waals surface area (Å²) in [5, 5.41) is 17.5. The maximum atomic E-state index is 12.4. The molecule has 0 spiro atoms. The summed E-state index contributed by atoms with van der Waals surface area (Å²) < 4.78 is 3.09. The first-order chi connectivity index (χ1) is 13.2. The van der Waals surface area contributed by atoms with Crippen LogP contribution in [0.15, 0.2) is 34.7 Å². The summed E-state index contributed by atoms with van der Waals surface area (Å²) in [6.07, 6.45) is 3.02. The molecule has 1 amide bonds. The Kier molecular flexibility index (Phi) is 5.41. The van der Waals surface area contributed by atoms with E-state index in [0.717, 1.165) is 34.9 Å². The zero-order valence-electron chi connectivity index (χ0n) is 14.1. The number of thiophene rings is 1. The molecular formula is C18H14N4OS4. The van der Waals surface area contributed by atoms with Gasteiger partial charge in [-0.2, -0.15) is 5.26 Å². The quantitative estimate of drug-likeness (QED) is 0.464. The van der Waals surface area contributed by atoms with Crippen LogP contribution >= 0.6 is 46.7 Å². The maximum absolute atomic E-state index is 12.4. The highest BCUT2D eigenvalue weighted by atomic mass is 32.2. The Balaban J connectivity index is 1.42. The molecule has 5 nitrogen and oxygen atoms in total. The lowest BCUT2D eigenvalue weighted by molar-refractivity contribution is -0.113. The fourth-order valence-electron chi connectivity index (χ4n) is 2.95. The highest BCUT2D eigenvalue weighted by Crippen LogP contribution is 2.38. The number of rotatable bonds is 5. The molecule has 136 valence electrons. The van der Waals surface area contributed by atoms with Crippen LogP contribution in [0, 0.1) is 15.3 Å². The van der Waals surface area contributed by atoms with Crippen molar-refractivity contribution in [2.75, 3.05) is 11.1 Å². The van der Waals surface area contributed by atoms with Crippen LogP contribution in [0.25, 0.3) is 5.69 Å². The zero-order chi connectivity index (χ0) is 18.8. The van der Waals surface area contributed by atoms with Crippen molar-refractivity contribution in [3.8, 4) is 11.8 Å². The molecule has 0 fully saturated rings.